The molecule has 1 aromatic carbocycles. The maximum atomic E-state index is 4.26. The number of hydrogen-bond acceptors (Lipinski definition) is 3. The molecule has 100 valence electrons. The molecule has 0 spiro atoms. The van der Waals surface area contributed by atoms with Gasteiger partial charge in [0, 0.05) is 0 Å². The normalized spacial score (nSPS) is 17.1. The Balaban J connectivity index is 1.97. The average molecular weight is 256 g/mol. The van der Waals surface area contributed by atoms with Crippen LogP contribution in [-0.2, 0) is 0 Å². The predicted molar refractivity (Wildman–Crippen MR) is 74.9 cm³/mol. The second-order valence-electron chi connectivity index (χ2n) is 5.14. The summed E-state index contributed by atoms with van der Waals surface area (Å²) in [5.74, 6) is 0.726. The lowest BCUT2D eigenvalue weighted by atomic mass is 9.77. The van der Waals surface area contributed by atoms with Gasteiger partial charge in [-0.2, -0.15) is 15.4 Å². The summed E-state index contributed by atoms with van der Waals surface area (Å²) in [6.45, 7) is 3.04. The van der Waals surface area contributed by atoms with E-state index < -0.39 is 0 Å². The number of H-pyrrole nitrogens is 1. The number of benzene rings is 1. The minimum atomic E-state index is 0.139. The third kappa shape index (κ3) is 2.40. The molecule has 1 aliphatic rings. The summed E-state index contributed by atoms with van der Waals surface area (Å²) in [4.78, 5) is 0. The van der Waals surface area contributed by atoms with Crippen LogP contribution in [0.25, 0.3) is 0 Å². The maximum Gasteiger partial charge on any atom is 0.104 e. The summed E-state index contributed by atoms with van der Waals surface area (Å²) in [5.41, 5.74) is 3.79. The lowest BCUT2D eigenvalue weighted by Gasteiger charge is -2.30. The Morgan fingerprint density at radius 2 is 2.21 bits per heavy atom. The van der Waals surface area contributed by atoms with Gasteiger partial charge in [0.2, 0.25) is 0 Å². The van der Waals surface area contributed by atoms with E-state index in [0.717, 1.165) is 18.2 Å². The van der Waals surface area contributed by atoms with Crippen LogP contribution in [-0.4, -0.2) is 22.0 Å². The van der Waals surface area contributed by atoms with Gasteiger partial charge in [-0.15, -0.1) is 0 Å². The van der Waals surface area contributed by atoms with Crippen molar-refractivity contribution in [3.05, 3.63) is 47.3 Å². The van der Waals surface area contributed by atoms with Crippen LogP contribution in [0.15, 0.2) is 30.5 Å². The van der Waals surface area contributed by atoms with Gasteiger partial charge < -0.3 is 5.32 Å². The Labute approximate surface area is 113 Å². The number of nitrogens with one attached hydrogen (secondary N) is 2. The third-order valence-electron chi connectivity index (χ3n) is 3.99. The fourth-order valence-electron chi connectivity index (χ4n) is 2.79. The zero-order valence-electron chi connectivity index (χ0n) is 11.3. The number of hydrogen-bond donors (Lipinski definition) is 2. The Bertz CT molecular complexity index is 517. The topological polar surface area (TPSA) is 53.6 Å². The SMILES string of the molecule is CCNC(c1cn[nH]n1)c1ccccc1C1CCC1. The molecular weight excluding hydrogens is 236 g/mol. The van der Waals surface area contributed by atoms with E-state index in [-0.39, 0.29) is 6.04 Å². The molecule has 1 aromatic heterocycles. The molecule has 19 heavy (non-hydrogen) atoms. The van der Waals surface area contributed by atoms with E-state index >= 15 is 0 Å². The van der Waals surface area contributed by atoms with Crippen LogP contribution < -0.4 is 5.32 Å². The molecule has 4 heteroatoms. The first kappa shape index (κ1) is 12.4. The van der Waals surface area contributed by atoms with Crippen molar-refractivity contribution >= 4 is 0 Å². The van der Waals surface area contributed by atoms with Crippen molar-refractivity contribution < 1.29 is 0 Å². The number of nitrogens with zero attached hydrogens (tertiary/aromatic N) is 2. The molecule has 0 amide bonds. The van der Waals surface area contributed by atoms with Crippen LogP contribution >= 0.6 is 0 Å². The second kappa shape index (κ2) is 5.53. The summed E-state index contributed by atoms with van der Waals surface area (Å²) in [7, 11) is 0. The first-order valence-corrected chi connectivity index (χ1v) is 7.08. The first-order chi connectivity index (χ1) is 9.40. The molecule has 1 unspecified atom stereocenters. The molecule has 1 atom stereocenters. The summed E-state index contributed by atoms with van der Waals surface area (Å²) >= 11 is 0. The van der Waals surface area contributed by atoms with Crippen LogP contribution in [0, 0.1) is 0 Å². The molecule has 1 aliphatic carbocycles. The Hall–Kier alpha value is -1.68. The van der Waals surface area contributed by atoms with Gasteiger partial charge in [-0.3, -0.25) is 0 Å². The predicted octanol–water partition coefficient (Wildman–Crippen LogP) is 2.77. The van der Waals surface area contributed by atoms with Crippen LogP contribution in [0.5, 0.6) is 0 Å². The molecule has 0 radical (unpaired) electrons. The van der Waals surface area contributed by atoms with E-state index in [1.54, 1.807) is 0 Å². The minimum absolute atomic E-state index is 0.139. The van der Waals surface area contributed by atoms with Crippen LogP contribution in [0.4, 0.5) is 0 Å². The van der Waals surface area contributed by atoms with Crippen molar-refractivity contribution in [1.82, 2.24) is 20.7 Å². The molecule has 0 bridgehead atoms. The van der Waals surface area contributed by atoms with Crippen LogP contribution in [0.2, 0.25) is 0 Å². The molecule has 4 nitrogen and oxygen atoms in total. The first-order valence-electron chi connectivity index (χ1n) is 7.08. The highest BCUT2D eigenvalue weighted by Gasteiger charge is 2.26. The van der Waals surface area contributed by atoms with E-state index in [1.165, 1.54) is 30.4 Å². The van der Waals surface area contributed by atoms with Crippen molar-refractivity contribution in [2.24, 2.45) is 0 Å². The molecular formula is C15H20N4. The van der Waals surface area contributed by atoms with Crippen molar-refractivity contribution in [3.8, 4) is 0 Å². The van der Waals surface area contributed by atoms with Gasteiger partial charge in [-0.25, -0.2) is 0 Å². The number of aromatic nitrogens is 3. The molecule has 1 heterocycles. The Morgan fingerprint density at radius 3 is 2.84 bits per heavy atom. The zero-order chi connectivity index (χ0) is 13.1. The molecule has 0 aliphatic heterocycles. The summed E-state index contributed by atoms with van der Waals surface area (Å²) in [6.07, 6.45) is 5.79. The molecule has 3 rings (SSSR count). The lowest BCUT2D eigenvalue weighted by Crippen LogP contribution is -2.25. The molecule has 2 N–H and O–H groups in total. The standard InChI is InChI=1S/C15H20N4/c1-2-16-15(14-10-17-19-18-14)13-9-4-3-8-12(13)11-6-5-7-11/h3-4,8-11,15-16H,2,5-7H2,1H3,(H,17,18,19). The fourth-order valence-corrected chi connectivity index (χ4v) is 2.79. The Morgan fingerprint density at radius 1 is 1.37 bits per heavy atom. The largest absolute Gasteiger partial charge is 0.305 e. The van der Waals surface area contributed by atoms with E-state index in [9.17, 15) is 0 Å². The summed E-state index contributed by atoms with van der Waals surface area (Å²) < 4.78 is 0. The van der Waals surface area contributed by atoms with E-state index in [2.05, 4.69) is 51.9 Å². The molecule has 1 fully saturated rings. The van der Waals surface area contributed by atoms with Crippen molar-refractivity contribution in [3.63, 3.8) is 0 Å². The molecule has 2 aromatic rings. The third-order valence-corrected chi connectivity index (χ3v) is 3.99. The monoisotopic (exact) mass is 256 g/mol. The highest BCUT2D eigenvalue weighted by Crippen LogP contribution is 2.40. The van der Waals surface area contributed by atoms with Gasteiger partial charge in [-0.1, -0.05) is 37.6 Å². The fraction of sp³-hybridized carbons (Fsp3) is 0.467. The minimum Gasteiger partial charge on any atom is -0.305 e. The number of aromatic amines is 1. The summed E-state index contributed by atoms with van der Waals surface area (Å²) in [6, 6.07) is 8.88. The van der Waals surface area contributed by atoms with E-state index in [0.29, 0.717) is 0 Å². The van der Waals surface area contributed by atoms with Crippen LogP contribution in [0.1, 0.15) is 55.0 Å². The summed E-state index contributed by atoms with van der Waals surface area (Å²) in [5, 5.41) is 14.4. The van der Waals surface area contributed by atoms with Crippen molar-refractivity contribution in [2.45, 2.75) is 38.1 Å². The van der Waals surface area contributed by atoms with E-state index in [1.807, 2.05) is 6.20 Å². The van der Waals surface area contributed by atoms with E-state index in [4.69, 9.17) is 0 Å². The quantitative estimate of drug-likeness (QED) is 0.865. The van der Waals surface area contributed by atoms with Gasteiger partial charge in [0.1, 0.15) is 5.69 Å². The highest BCUT2D eigenvalue weighted by atomic mass is 15.3. The van der Waals surface area contributed by atoms with Crippen LogP contribution in [0.3, 0.4) is 0 Å². The van der Waals surface area contributed by atoms with Crippen molar-refractivity contribution in [1.29, 1.82) is 0 Å². The van der Waals surface area contributed by atoms with Gasteiger partial charge in [0.15, 0.2) is 0 Å². The smallest absolute Gasteiger partial charge is 0.104 e. The average Bonchev–Trinajstić information content (AvgIpc) is 2.88. The maximum absolute atomic E-state index is 4.26. The molecule has 1 saturated carbocycles. The Kier molecular flexibility index (Phi) is 3.60. The lowest BCUT2D eigenvalue weighted by molar-refractivity contribution is 0.414. The van der Waals surface area contributed by atoms with Gasteiger partial charge >= 0.3 is 0 Å². The number of rotatable bonds is 5. The van der Waals surface area contributed by atoms with Crippen molar-refractivity contribution in [2.75, 3.05) is 6.54 Å². The van der Waals surface area contributed by atoms with Gasteiger partial charge in [-0.05, 0) is 36.4 Å². The second-order valence-corrected chi connectivity index (χ2v) is 5.14. The zero-order valence-corrected chi connectivity index (χ0v) is 11.3. The van der Waals surface area contributed by atoms with Gasteiger partial charge in [0.05, 0.1) is 12.2 Å². The molecule has 0 saturated heterocycles. The highest BCUT2D eigenvalue weighted by molar-refractivity contribution is 5.37. The van der Waals surface area contributed by atoms with Gasteiger partial charge in [0.25, 0.3) is 0 Å².